The predicted molar refractivity (Wildman–Crippen MR) is 50.9 cm³/mol. The lowest BCUT2D eigenvalue weighted by molar-refractivity contribution is -0.118. The van der Waals surface area contributed by atoms with E-state index in [1.807, 2.05) is 18.2 Å². The number of nitriles is 1. The quantitative estimate of drug-likeness (QED) is 0.618. The summed E-state index contributed by atoms with van der Waals surface area (Å²) in [5.41, 5.74) is 3.03. The third-order valence-corrected chi connectivity index (χ3v) is 3.40. The molecule has 0 unspecified atom stereocenters. The summed E-state index contributed by atoms with van der Waals surface area (Å²) in [6, 6.07) is 7.95. The van der Waals surface area contributed by atoms with Crippen molar-refractivity contribution in [3.63, 3.8) is 0 Å². The monoisotopic (exact) mass is 183 g/mol. The maximum atomic E-state index is 11.5. The predicted octanol–water partition coefficient (Wildman–Crippen LogP) is 2.10. The number of carbonyl (C=O) groups excluding carboxylic acids is 1. The Morgan fingerprint density at radius 3 is 3.07 bits per heavy atom. The Hall–Kier alpha value is -1.62. The van der Waals surface area contributed by atoms with E-state index in [9.17, 15) is 4.79 Å². The molecule has 2 heteroatoms. The summed E-state index contributed by atoms with van der Waals surface area (Å²) < 4.78 is 0. The van der Waals surface area contributed by atoms with Crippen LogP contribution in [0.4, 0.5) is 0 Å². The molecule has 0 spiro atoms. The van der Waals surface area contributed by atoms with Gasteiger partial charge in [-0.2, -0.15) is 5.26 Å². The molecule has 2 aliphatic carbocycles. The van der Waals surface area contributed by atoms with Gasteiger partial charge in [-0.3, -0.25) is 4.79 Å². The molecule has 2 atom stereocenters. The molecule has 0 N–H and O–H groups in total. The van der Waals surface area contributed by atoms with E-state index in [0.29, 0.717) is 18.1 Å². The van der Waals surface area contributed by atoms with Crippen molar-refractivity contribution in [2.45, 2.75) is 24.7 Å². The Labute approximate surface area is 82.2 Å². The van der Waals surface area contributed by atoms with E-state index in [1.165, 1.54) is 0 Å². The lowest BCUT2D eigenvalue weighted by atomic mass is 9.88. The molecule has 1 fully saturated rings. The highest BCUT2D eigenvalue weighted by Crippen LogP contribution is 2.51. The Kier molecular flexibility index (Phi) is 1.36. The zero-order valence-electron chi connectivity index (χ0n) is 7.66. The van der Waals surface area contributed by atoms with Crippen molar-refractivity contribution < 1.29 is 4.79 Å². The minimum atomic E-state index is 0.100. The van der Waals surface area contributed by atoms with Gasteiger partial charge in [0.2, 0.25) is 0 Å². The largest absolute Gasteiger partial charge is 0.299 e. The molecule has 1 aromatic carbocycles. The van der Waals surface area contributed by atoms with Crippen LogP contribution >= 0.6 is 0 Å². The third-order valence-electron chi connectivity index (χ3n) is 3.40. The molecule has 2 nitrogen and oxygen atoms in total. The fraction of sp³-hybridized carbons (Fsp3) is 0.333. The van der Waals surface area contributed by atoms with Gasteiger partial charge < -0.3 is 0 Å². The van der Waals surface area contributed by atoms with Crippen LogP contribution in [0.1, 0.15) is 41.4 Å². The first-order valence-electron chi connectivity index (χ1n) is 4.87. The van der Waals surface area contributed by atoms with Gasteiger partial charge in [0.05, 0.1) is 11.6 Å². The first kappa shape index (κ1) is 7.75. The number of rotatable bonds is 0. The van der Waals surface area contributed by atoms with Gasteiger partial charge in [0.25, 0.3) is 0 Å². The molecule has 14 heavy (non-hydrogen) atoms. The lowest BCUT2D eigenvalue weighted by Gasteiger charge is -2.14. The zero-order chi connectivity index (χ0) is 9.71. The molecule has 0 aliphatic heterocycles. The van der Waals surface area contributed by atoms with Crippen molar-refractivity contribution in [2.24, 2.45) is 0 Å². The van der Waals surface area contributed by atoms with Crippen LogP contribution in [-0.4, -0.2) is 5.78 Å². The number of Topliss-reactive ketones (excluding diaryl/α,β-unsaturated/α-hetero) is 1. The van der Waals surface area contributed by atoms with Crippen LogP contribution in [0.25, 0.3) is 0 Å². The topological polar surface area (TPSA) is 40.9 Å². The summed E-state index contributed by atoms with van der Waals surface area (Å²) in [6.07, 6.45) is 1.59. The molecular formula is C12H9NO. The fourth-order valence-electron chi connectivity index (χ4n) is 2.84. The van der Waals surface area contributed by atoms with E-state index >= 15 is 0 Å². The van der Waals surface area contributed by atoms with Gasteiger partial charge in [-0.25, -0.2) is 0 Å². The normalized spacial score (nSPS) is 27.5. The van der Waals surface area contributed by atoms with Crippen molar-refractivity contribution in [1.82, 2.24) is 0 Å². The number of ketones is 1. The van der Waals surface area contributed by atoms with Crippen molar-refractivity contribution in [3.8, 4) is 6.07 Å². The summed E-state index contributed by atoms with van der Waals surface area (Å²) in [5, 5.41) is 8.96. The van der Waals surface area contributed by atoms with Gasteiger partial charge in [-0.05, 0) is 29.5 Å². The van der Waals surface area contributed by atoms with Crippen LogP contribution in [0.15, 0.2) is 18.2 Å². The van der Waals surface area contributed by atoms with Gasteiger partial charge in [-0.1, -0.05) is 12.1 Å². The third kappa shape index (κ3) is 0.773. The van der Waals surface area contributed by atoms with Gasteiger partial charge in [0, 0.05) is 12.3 Å². The molecule has 0 aromatic heterocycles. The van der Waals surface area contributed by atoms with E-state index in [2.05, 4.69) is 6.07 Å². The second-order valence-electron chi connectivity index (χ2n) is 4.08. The summed E-state index contributed by atoms with van der Waals surface area (Å²) in [4.78, 5) is 11.5. The van der Waals surface area contributed by atoms with E-state index < -0.39 is 0 Å². The van der Waals surface area contributed by atoms with Crippen LogP contribution in [0.5, 0.6) is 0 Å². The molecule has 1 aromatic rings. The minimum absolute atomic E-state index is 0.100. The van der Waals surface area contributed by atoms with Crippen LogP contribution < -0.4 is 0 Å². The zero-order valence-corrected chi connectivity index (χ0v) is 7.66. The average molecular weight is 183 g/mol. The second-order valence-corrected chi connectivity index (χ2v) is 4.08. The van der Waals surface area contributed by atoms with E-state index in [1.54, 1.807) is 0 Å². The maximum absolute atomic E-state index is 11.5. The number of hydrogen-bond donors (Lipinski definition) is 0. The highest BCUT2D eigenvalue weighted by molar-refractivity contribution is 5.92. The van der Waals surface area contributed by atoms with Crippen molar-refractivity contribution in [3.05, 3.63) is 34.9 Å². The SMILES string of the molecule is N#Cc1cccc2c1[C@H]1CC(=O)[C@@H]2C1. The highest BCUT2D eigenvalue weighted by Gasteiger charge is 2.43. The van der Waals surface area contributed by atoms with Gasteiger partial charge >= 0.3 is 0 Å². The van der Waals surface area contributed by atoms with E-state index in [-0.39, 0.29) is 5.92 Å². The van der Waals surface area contributed by atoms with Crippen LogP contribution in [0, 0.1) is 11.3 Å². The molecule has 3 rings (SSSR count). The standard InChI is InChI=1S/C12H9NO/c13-6-7-2-1-3-9-10-4-8(12(7)9)5-11(10)14/h1-3,8,10H,4-5H2/t8-,10-/m1/s1. The summed E-state index contributed by atoms with van der Waals surface area (Å²) in [7, 11) is 0. The number of nitrogens with zero attached hydrogens (tertiary/aromatic N) is 1. The molecule has 2 aliphatic rings. The van der Waals surface area contributed by atoms with E-state index in [0.717, 1.165) is 23.1 Å². The molecule has 0 saturated heterocycles. The van der Waals surface area contributed by atoms with Gasteiger partial charge in [0.15, 0.2) is 0 Å². The summed E-state index contributed by atoms with van der Waals surface area (Å²) >= 11 is 0. The van der Waals surface area contributed by atoms with E-state index in [4.69, 9.17) is 5.26 Å². The van der Waals surface area contributed by atoms with Crippen LogP contribution in [-0.2, 0) is 4.79 Å². The first-order chi connectivity index (χ1) is 6.81. The minimum Gasteiger partial charge on any atom is -0.299 e. The molecule has 2 bridgehead atoms. The Bertz CT molecular complexity index is 470. The second kappa shape index (κ2) is 2.45. The summed E-state index contributed by atoms with van der Waals surface area (Å²) in [6.45, 7) is 0. The molecule has 0 radical (unpaired) electrons. The van der Waals surface area contributed by atoms with Crippen molar-refractivity contribution in [2.75, 3.05) is 0 Å². The molecule has 68 valence electrons. The van der Waals surface area contributed by atoms with Crippen molar-refractivity contribution >= 4 is 5.78 Å². The fourth-order valence-corrected chi connectivity index (χ4v) is 2.84. The molecule has 0 amide bonds. The van der Waals surface area contributed by atoms with Gasteiger partial charge in [0.1, 0.15) is 5.78 Å². The van der Waals surface area contributed by atoms with Crippen LogP contribution in [0.3, 0.4) is 0 Å². The molecule has 0 heterocycles. The highest BCUT2D eigenvalue weighted by atomic mass is 16.1. The summed E-state index contributed by atoms with van der Waals surface area (Å²) in [5.74, 6) is 0.791. The van der Waals surface area contributed by atoms with Crippen molar-refractivity contribution in [1.29, 1.82) is 5.26 Å². The number of carbonyl (C=O) groups is 1. The number of hydrogen-bond acceptors (Lipinski definition) is 2. The number of fused-ring (bicyclic) bond motifs is 5. The number of benzene rings is 1. The Morgan fingerprint density at radius 2 is 2.29 bits per heavy atom. The average Bonchev–Trinajstić information content (AvgIpc) is 2.74. The Balaban J connectivity index is 2.27. The molecular weight excluding hydrogens is 174 g/mol. The Morgan fingerprint density at radius 1 is 1.43 bits per heavy atom. The smallest absolute Gasteiger partial charge is 0.140 e. The van der Waals surface area contributed by atoms with Gasteiger partial charge in [-0.15, -0.1) is 0 Å². The van der Waals surface area contributed by atoms with Crippen LogP contribution in [0.2, 0.25) is 0 Å². The molecule has 1 saturated carbocycles. The maximum Gasteiger partial charge on any atom is 0.140 e. The lowest BCUT2D eigenvalue weighted by Crippen LogP contribution is -2.10. The first-order valence-corrected chi connectivity index (χ1v) is 4.87.